The van der Waals surface area contributed by atoms with Crippen LogP contribution in [0.25, 0.3) is 0 Å². The summed E-state index contributed by atoms with van der Waals surface area (Å²) in [6, 6.07) is 13.6. The van der Waals surface area contributed by atoms with E-state index in [9.17, 15) is 5.11 Å². The van der Waals surface area contributed by atoms with Crippen molar-refractivity contribution in [3.05, 3.63) is 64.2 Å². The van der Waals surface area contributed by atoms with Crippen LogP contribution >= 0.6 is 11.6 Å². The second kappa shape index (κ2) is 6.78. The van der Waals surface area contributed by atoms with Gasteiger partial charge in [0.1, 0.15) is 5.75 Å². The van der Waals surface area contributed by atoms with Crippen LogP contribution in [-0.2, 0) is 6.42 Å². The molecule has 2 rings (SSSR count). The third-order valence-electron chi connectivity index (χ3n) is 3.51. The Bertz CT molecular complexity index is 581. The number of hydrogen-bond acceptors (Lipinski definition) is 2. The standard InChI is InChI=1S/C17H19ClO2/c1-12-5-3-4-6-13(12)8-10-16(19)14-7-9-15(18)17(11-14)20-2/h3-7,9,11,16,19H,8,10H2,1-2H3. The molecule has 0 fully saturated rings. The van der Waals surface area contributed by atoms with Gasteiger partial charge in [-0.1, -0.05) is 41.9 Å². The van der Waals surface area contributed by atoms with E-state index in [2.05, 4.69) is 19.1 Å². The molecule has 0 aliphatic rings. The maximum atomic E-state index is 10.3. The quantitative estimate of drug-likeness (QED) is 0.888. The first kappa shape index (κ1) is 14.9. The van der Waals surface area contributed by atoms with Gasteiger partial charge in [-0.25, -0.2) is 0 Å². The van der Waals surface area contributed by atoms with E-state index in [0.29, 0.717) is 17.2 Å². The number of aliphatic hydroxyl groups is 1. The molecule has 3 heteroatoms. The molecule has 1 N–H and O–H groups in total. The van der Waals surface area contributed by atoms with Gasteiger partial charge in [-0.05, 0) is 48.6 Å². The van der Waals surface area contributed by atoms with Gasteiger partial charge in [0.25, 0.3) is 0 Å². The van der Waals surface area contributed by atoms with Gasteiger partial charge in [0.05, 0.1) is 18.2 Å². The van der Waals surface area contributed by atoms with E-state index in [4.69, 9.17) is 16.3 Å². The largest absolute Gasteiger partial charge is 0.495 e. The first-order chi connectivity index (χ1) is 9.61. The van der Waals surface area contributed by atoms with Crippen LogP contribution in [0.3, 0.4) is 0 Å². The Hall–Kier alpha value is -1.51. The molecule has 0 heterocycles. The van der Waals surface area contributed by atoms with E-state index in [-0.39, 0.29) is 0 Å². The molecule has 1 atom stereocenters. The first-order valence-corrected chi connectivity index (χ1v) is 7.05. The van der Waals surface area contributed by atoms with Gasteiger partial charge < -0.3 is 9.84 Å². The SMILES string of the molecule is COc1cc(C(O)CCc2ccccc2C)ccc1Cl. The van der Waals surface area contributed by atoms with E-state index in [1.54, 1.807) is 19.2 Å². The molecule has 1 unspecified atom stereocenters. The number of aliphatic hydroxyl groups excluding tert-OH is 1. The van der Waals surface area contributed by atoms with Gasteiger partial charge in [-0.15, -0.1) is 0 Å². The van der Waals surface area contributed by atoms with Crippen molar-refractivity contribution < 1.29 is 9.84 Å². The van der Waals surface area contributed by atoms with Crippen LogP contribution in [0, 0.1) is 6.92 Å². The Morgan fingerprint density at radius 3 is 2.65 bits per heavy atom. The smallest absolute Gasteiger partial charge is 0.137 e. The highest BCUT2D eigenvalue weighted by molar-refractivity contribution is 6.32. The molecule has 20 heavy (non-hydrogen) atoms. The van der Waals surface area contributed by atoms with Gasteiger partial charge in [0, 0.05) is 0 Å². The lowest BCUT2D eigenvalue weighted by molar-refractivity contribution is 0.167. The van der Waals surface area contributed by atoms with Crippen LogP contribution in [0.15, 0.2) is 42.5 Å². The monoisotopic (exact) mass is 290 g/mol. The number of aryl methyl sites for hydroxylation is 2. The molecule has 0 radical (unpaired) electrons. The zero-order chi connectivity index (χ0) is 14.5. The fraction of sp³-hybridized carbons (Fsp3) is 0.294. The molecule has 0 aromatic heterocycles. The second-order valence-electron chi connectivity index (χ2n) is 4.87. The van der Waals surface area contributed by atoms with E-state index in [1.807, 2.05) is 18.2 Å². The van der Waals surface area contributed by atoms with E-state index in [1.165, 1.54) is 11.1 Å². The highest BCUT2D eigenvalue weighted by atomic mass is 35.5. The molecular weight excluding hydrogens is 272 g/mol. The van der Waals surface area contributed by atoms with Crippen LogP contribution in [-0.4, -0.2) is 12.2 Å². The van der Waals surface area contributed by atoms with Crippen molar-refractivity contribution in [2.24, 2.45) is 0 Å². The Morgan fingerprint density at radius 1 is 1.20 bits per heavy atom. The summed E-state index contributed by atoms with van der Waals surface area (Å²) in [6.45, 7) is 2.09. The van der Waals surface area contributed by atoms with Gasteiger partial charge in [-0.2, -0.15) is 0 Å². The van der Waals surface area contributed by atoms with Crippen molar-refractivity contribution in [2.75, 3.05) is 7.11 Å². The summed E-state index contributed by atoms with van der Waals surface area (Å²) in [5.74, 6) is 0.596. The van der Waals surface area contributed by atoms with Crippen LogP contribution in [0.1, 0.15) is 29.2 Å². The van der Waals surface area contributed by atoms with Crippen molar-refractivity contribution in [2.45, 2.75) is 25.9 Å². The summed E-state index contributed by atoms with van der Waals surface area (Å²) in [6.07, 6.45) is 1.01. The summed E-state index contributed by atoms with van der Waals surface area (Å²) < 4.78 is 5.17. The molecular formula is C17H19ClO2. The average molecular weight is 291 g/mol. The van der Waals surface area contributed by atoms with Crippen LogP contribution in [0.2, 0.25) is 5.02 Å². The van der Waals surface area contributed by atoms with Gasteiger partial charge >= 0.3 is 0 Å². The minimum absolute atomic E-state index is 0.513. The maximum absolute atomic E-state index is 10.3. The topological polar surface area (TPSA) is 29.5 Å². The molecule has 0 saturated heterocycles. The lowest BCUT2D eigenvalue weighted by Crippen LogP contribution is -2.01. The first-order valence-electron chi connectivity index (χ1n) is 6.68. The van der Waals surface area contributed by atoms with Crippen molar-refractivity contribution >= 4 is 11.6 Å². The average Bonchev–Trinajstić information content (AvgIpc) is 2.46. The number of halogens is 1. The predicted octanol–water partition coefficient (Wildman–Crippen LogP) is 4.32. The minimum Gasteiger partial charge on any atom is -0.495 e. The number of benzene rings is 2. The second-order valence-corrected chi connectivity index (χ2v) is 5.28. The zero-order valence-corrected chi connectivity index (χ0v) is 12.5. The molecule has 2 nitrogen and oxygen atoms in total. The summed E-state index contributed by atoms with van der Waals surface area (Å²) in [7, 11) is 1.57. The van der Waals surface area contributed by atoms with Crippen molar-refractivity contribution in [3.8, 4) is 5.75 Å². The Labute approximate surface area is 125 Å². The third kappa shape index (κ3) is 3.53. The van der Waals surface area contributed by atoms with Crippen LogP contribution in [0.4, 0.5) is 0 Å². The minimum atomic E-state index is -0.513. The number of rotatable bonds is 5. The lowest BCUT2D eigenvalue weighted by atomic mass is 9.98. The zero-order valence-electron chi connectivity index (χ0n) is 11.8. The molecule has 0 bridgehead atoms. The Morgan fingerprint density at radius 2 is 1.95 bits per heavy atom. The van der Waals surface area contributed by atoms with E-state index >= 15 is 0 Å². The Balaban J connectivity index is 2.05. The summed E-state index contributed by atoms with van der Waals surface area (Å²) >= 11 is 5.99. The fourth-order valence-electron chi connectivity index (χ4n) is 2.23. The highest BCUT2D eigenvalue weighted by Crippen LogP contribution is 2.29. The predicted molar refractivity (Wildman–Crippen MR) is 82.5 cm³/mol. The van der Waals surface area contributed by atoms with Gasteiger partial charge in [0.15, 0.2) is 0 Å². The number of ether oxygens (including phenoxy) is 1. The normalized spacial score (nSPS) is 12.2. The fourth-order valence-corrected chi connectivity index (χ4v) is 2.43. The molecule has 2 aromatic carbocycles. The van der Waals surface area contributed by atoms with Crippen molar-refractivity contribution in [3.63, 3.8) is 0 Å². The summed E-state index contributed by atoms with van der Waals surface area (Å²) in [5.41, 5.74) is 3.36. The molecule has 0 aliphatic heterocycles. The molecule has 2 aromatic rings. The maximum Gasteiger partial charge on any atom is 0.137 e. The number of hydrogen-bond donors (Lipinski definition) is 1. The van der Waals surface area contributed by atoms with Crippen molar-refractivity contribution in [1.29, 1.82) is 0 Å². The summed E-state index contributed by atoms with van der Waals surface area (Å²) in [5, 5.41) is 10.8. The highest BCUT2D eigenvalue weighted by Gasteiger charge is 2.11. The van der Waals surface area contributed by atoms with Crippen molar-refractivity contribution in [1.82, 2.24) is 0 Å². The summed E-state index contributed by atoms with van der Waals surface area (Å²) in [4.78, 5) is 0. The van der Waals surface area contributed by atoms with Crippen LogP contribution in [0.5, 0.6) is 5.75 Å². The lowest BCUT2D eigenvalue weighted by Gasteiger charge is -2.14. The number of methoxy groups -OCH3 is 1. The Kier molecular flexibility index (Phi) is 5.05. The van der Waals surface area contributed by atoms with Gasteiger partial charge in [-0.3, -0.25) is 0 Å². The molecule has 0 amide bonds. The molecule has 106 valence electrons. The molecule has 0 saturated carbocycles. The molecule has 0 aliphatic carbocycles. The molecule has 0 spiro atoms. The van der Waals surface area contributed by atoms with E-state index < -0.39 is 6.10 Å². The third-order valence-corrected chi connectivity index (χ3v) is 3.82. The van der Waals surface area contributed by atoms with Crippen LogP contribution < -0.4 is 4.74 Å². The van der Waals surface area contributed by atoms with Gasteiger partial charge in [0.2, 0.25) is 0 Å². The van der Waals surface area contributed by atoms with E-state index in [0.717, 1.165) is 12.0 Å².